The van der Waals surface area contributed by atoms with E-state index in [0.717, 1.165) is 27.2 Å². The third kappa shape index (κ3) is 3.79. The zero-order valence-electron chi connectivity index (χ0n) is 16.0. The molecule has 0 saturated carbocycles. The van der Waals surface area contributed by atoms with Gasteiger partial charge >= 0.3 is 0 Å². The highest BCUT2D eigenvalue weighted by atomic mass is 35.5. The third-order valence-corrected chi connectivity index (χ3v) is 6.04. The lowest BCUT2D eigenvalue weighted by molar-refractivity contribution is 0.0959. The van der Waals surface area contributed by atoms with Gasteiger partial charge < -0.3 is 9.67 Å². The van der Waals surface area contributed by atoms with Gasteiger partial charge in [-0.25, -0.2) is 10.4 Å². The van der Waals surface area contributed by atoms with Crippen LogP contribution in [-0.2, 0) is 0 Å². The van der Waals surface area contributed by atoms with Crippen LogP contribution >= 0.6 is 34.5 Å². The minimum absolute atomic E-state index is 0.103. The Morgan fingerprint density at radius 2 is 1.97 bits per heavy atom. The number of fused-ring (bicyclic) bond motifs is 1. The summed E-state index contributed by atoms with van der Waals surface area (Å²) in [5.74, 6) is -0.549. The van der Waals surface area contributed by atoms with E-state index in [0.29, 0.717) is 15.5 Å². The number of aryl methyl sites for hydroxylation is 2. The second-order valence-electron chi connectivity index (χ2n) is 6.66. The van der Waals surface area contributed by atoms with Crippen molar-refractivity contribution >= 4 is 56.9 Å². The molecule has 4 rings (SSSR count). The second-order valence-corrected chi connectivity index (χ2v) is 8.50. The van der Waals surface area contributed by atoms with E-state index in [-0.39, 0.29) is 16.7 Å². The number of pyridine rings is 1. The van der Waals surface area contributed by atoms with Crippen LogP contribution < -0.4 is 5.43 Å². The number of halogens is 2. The Balaban J connectivity index is 1.72. The lowest BCUT2D eigenvalue weighted by Crippen LogP contribution is -2.18. The van der Waals surface area contributed by atoms with Gasteiger partial charge in [0.25, 0.3) is 5.91 Å². The average molecular weight is 459 g/mol. The first-order valence-electron chi connectivity index (χ1n) is 8.90. The number of hydrogen-bond acceptors (Lipinski definition) is 5. The predicted molar refractivity (Wildman–Crippen MR) is 122 cm³/mol. The molecule has 1 amide bonds. The Bertz CT molecular complexity index is 1300. The van der Waals surface area contributed by atoms with Crippen molar-refractivity contribution in [1.29, 1.82) is 0 Å². The minimum Gasteiger partial charge on any atom is -0.506 e. The number of benzene rings is 1. The number of rotatable bonds is 4. The first-order chi connectivity index (χ1) is 14.3. The molecule has 0 aliphatic heterocycles. The van der Waals surface area contributed by atoms with E-state index < -0.39 is 0 Å². The lowest BCUT2D eigenvalue weighted by atomic mass is 10.1. The molecule has 0 fully saturated rings. The molecule has 0 aliphatic carbocycles. The van der Waals surface area contributed by atoms with Gasteiger partial charge in [-0.15, -0.1) is 11.3 Å². The van der Waals surface area contributed by atoms with Crippen LogP contribution in [0.15, 0.2) is 47.8 Å². The van der Waals surface area contributed by atoms with Crippen molar-refractivity contribution in [3.05, 3.63) is 74.5 Å². The number of carbonyl (C=O) groups excluding carboxylic acids is 1. The summed E-state index contributed by atoms with van der Waals surface area (Å²) in [5.41, 5.74) is 5.49. The Morgan fingerprint density at radius 1 is 1.23 bits per heavy atom. The number of carbonyl (C=O) groups is 1. The standard InChI is InChI=1S/C21H16Cl2N4O2S/c1-11-7-12(2)25-21-16(11)17(27-5-3-4-6-27)19(30-21)20(29)26-24-10-13-8-14(22)9-15(23)18(13)28/h3-10,28H,1-2H3,(H,26,29). The van der Waals surface area contributed by atoms with E-state index in [9.17, 15) is 9.90 Å². The summed E-state index contributed by atoms with van der Waals surface area (Å²) >= 11 is 13.2. The summed E-state index contributed by atoms with van der Waals surface area (Å²) in [6, 6.07) is 8.71. The molecule has 0 unspecified atom stereocenters. The van der Waals surface area contributed by atoms with Crippen molar-refractivity contribution < 1.29 is 9.90 Å². The molecule has 3 heterocycles. The van der Waals surface area contributed by atoms with Gasteiger partial charge in [-0.3, -0.25) is 4.79 Å². The first-order valence-corrected chi connectivity index (χ1v) is 10.5. The van der Waals surface area contributed by atoms with Gasteiger partial charge in [0.15, 0.2) is 0 Å². The summed E-state index contributed by atoms with van der Waals surface area (Å²) in [6.07, 6.45) is 5.06. The fourth-order valence-corrected chi connectivity index (χ4v) is 4.90. The number of nitrogens with zero attached hydrogens (tertiary/aromatic N) is 3. The van der Waals surface area contributed by atoms with Crippen molar-refractivity contribution in [3.8, 4) is 11.4 Å². The molecule has 152 valence electrons. The number of amides is 1. The Kier molecular flexibility index (Phi) is 5.51. The number of phenols is 1. The van der Waals surface area contributed by atoms with Crippen molar-refractivity contribution in [2.45, 2.75) is 13.8 Å². The fraction of sp³-hybridized carbons (Fsp3) is 0.0952. The van der Waals surface area contributed by atoms with Crippen LogP contribution in [0.25, 0.3) is 15.9 Å². The topological polar surface area (TPSA) is 79.5 Å². The molecule has 2 N–H and O–H groups in total. The number of hydrazone groups is 1. The molecule has 0 bridgehead atoms. The fourth-order valence-electron chi connectivity index (χ4n) is 3.20. The molecule has 0 spiro atoms. The molecule has 1 aromatic carbocycles. The predicted octanol–water partition coefficient (Wildman–Crippen LogP) is 5.48. The highest BCUT2D eigenvalue weighted by Gasteiger charge is 2.22. The molecule has 6 nitrogen and oxygen atoms in total. The van der Waals surface area contributed by atoms with Gasteiger partial charge in [-0.05, 0) is 49.7 Å². The molecule has 0 saturated heterocycles. The lowest BCUT2D eigenvalue weighted by Gasteiger charge is -2.07. The SMILES string of the molecule is Cc1cc(C)c2c(-n3cccc3)c(C(=O)NN=Cc3cc(Cl)cc(Cl)c3O)sc2n1. The summed E-state index contributed by atoms with van der Waals surface area (Å²) in [4.78, 5) is 18.8. The van der Waals surface area contributed by atoms with Crippen LogP contribution in [0.4, 0.5) is 0 Å². The van der Waals surface area contributed by atoms with Gasteiger partial charge in [-0.2, -0.15) is 5.10 Å². The van der Waals surface area contributed by atoms with E-state index in [1.54, 1.807) is 0 Å². The molecule has 4 aromatic rings. The molecule has 9 heteroatoms. The number of nitrogens with one attached hydrogen (secondary N) is 1. The van der Waals surface area contributed by atoms with E-state index in [4.69, 9.17) is 23.2 Å². The van der Waals surface area contributed by atoms with Crippen molar-refractivity contribution in [2.24, 2.45) is 5.10 Å². The Hall–Kier alpha value is -2.87. The molecule has 0 atom stereocenters. The normalized spacial score (nSPS) is 11.5. The van der Waals surface area contributed by atoms with Crippen LogP contribution in [0.3, 0.4) is 0 Å². The van der Waals surface area contributed by atoms with E-state index in [1.807, 2.05) is 49.0 Å². The van der Waals surface area contributed by atoms with E-state index in [2.05, 4.69) is 15.5 Å². The van der Waals surface area contributed by atoms with Crippen LogP contribution in [0.2, 0.25) is 10.0 Å². The highest BCUT2D eigenvalue weighted by molar-refractivity contribution is 7.21. The second kappa shape index (κ2) is 8.10. The Morgan fingerprint density at radius 3 is 2.70 bits per heavy atom. The summed E-state index contributed by atoms with van der Waals surface area (Å²) in [5, 5.41) is 15.4. The number of aromatic nitrogens is 2. The smallest absolute Gasteiger partial charge is 0.283 e. The monoisotopic (exact) mass is 458 g/mol. The molecule has 0 radical (unpaired) electrons. The third-order valence-electron chi connectivity index (χ3n) is 4.46. The van der Waals surface area contributed by atoms with E-state index in [1.165, 1.54) is 29.7 Å². The van der Waals surface area contributed by atoms with Crippen molar-refractivity contribution in [2.75, 3.05) is 0 Å². The molecule has 30 heavy (non-hydrogen) atoms. The van der Waals surface area contributed by atoms with Gasteiger partial charge in [-0.1, -0.05) is 23.2 Å². The number of thiophene rings is 1. The van der Waals surface area contributed by atoms with Crippen LogP contribution in [0.5, 0.6) is 5.75 Å². The van der Waals surface area contributed by atoms with E-state index >= 15 is 0 Å². The van der Waals surface area contributed by atoms with Gasteiger partial charge in [0, 0.05) is 34.1 Å². The van der Waals surface area contributed by atoms with Gasteiger partial charge in [0.2, 0.25) is 0 Å². The average Bonchev–Trinajstić information content (AvgIpc) is 3.32. The van der Waals surface area contributed by atoms with Crippen LogP contribution in [0, 0.1) is 13.8 Å². The highest BCUT2D eigenvalue weighted by Crippen LogP contribution is 2.36. The van der Waals surface area contributed by atoms with Crippen LogP contribution in [-0.4, -0.2) is 26.8 Å². The maximum absolute atomic E-state index is 13.0. The van der Waals surface area contributed by atoms with Crippen LogP contribution in [0.1, 0.15) is 26.5 Å². The quantitative estimate of drug-likeness (QED) is 0.313. The summed E-state index contributed by atoms with van der Waals surface area (Å²) in [7, 11) is 0. The Labute approximate surface area is 186 Å². The molecular weight excluding hydrogens is 443 g/mol. The molecule has 0 aliphatic rings. The van der Waals surface area contributed by atoms with Crippen molar-refractivity contribution in [3.63, 3.8) is 0 Å². The zero-order valence-corrected chi connectivity index (χ0v) is 18.3. The zero-order chi connectivity index (χ0) is 21.4. The van der Waals surface area contributed by atoms with Gasteiger partial charge in [0.1, 0.15) is 15.5 Å². The summed E-state index contributed by atoms with van der Waals surface area (Å²) < 4.78 is 1.89. The van der Waals surface area contributed by atoms with Crippen molar-refractivity contribution in [1.82, 2.24) is 15.0 Å². The first kappa shape index (κ1) is 20.4. The molecular formula is C21H16Cl2N4O2S. The minimum atomic E-state index is -0.386. The maximum Gasteiger partial charge on any atom is 0.283 e. The van der Waals surface area contributed by atoms with Gasteiger partial charge in [0.05, 0.1) is 16.9 Å². The maximum atomic E-state index is 13.0. The number of phenolic OH excluding ortho intramolecular Hbond substituents is 1. The molecule has 3 aromatic heterocycles. The largest absolute Gasteiger partial charge is 0.506 e. The number of aromatic hydroxyl groups is 1. The number of hydrogen-bond donors (Lipinski definition) is 2. The summed E-state index contributed by atoms with van der Waals surface area (Å²) in [6.45, 7) is 3.93.